The summed E-state index contributed by atoms with van der Waals surface area (Å²) < 4.78 is 0. The molecule has 0 bridgehead atoms. The maximum atomic E-state index is 6.02. The van der Waals surface area contributed by atoms with E-state index in [1.165, 1.54) is 0 Å². The van der Waals surface area contributed by atoms with Crippen molar-refractivity contribution in [2.45, 2.75) is 46.7 Å². The largest absolute Gasteiger partial charge is 0.307 e. The van der Waals surface area contributed by atoms with E-state index in [2.05, 4.69) is 39.9 Å². The van der Waals surface area contributed by atoms with E-state index in [1.807, 2.05) is 18.2 Å². The molecule has 0 radical (unpaired) electrons. The molecule has 0 heterocycles. The average Bonchev–Trinajstić information content (AvgIpc) is 2.20. The maximum Gasteiger partial charge on any atom is 0.0595 e. The van der Waals surface area contributed by atoms with Crippen LogP contribution in [0.1, 0.15) is 46.2 Å². The fraction of sp³-hybridized carbons (Fsp3) is 0.571. The Labute approximate surface area is 115 Å². The molecule has 0 saturated heterocycles. The quantitative estimate of drug-likeness (QED) is 0.810. The van der Waals surface area contributed by atoms with Gasteiger partial charge in [0, 0.05) is 12.1 Å². The Kier molecular flexibility index (Phi) is 4.88. The van der Waals surface area contributed by atoms with E-state index in [0.29, 0.717) is 16.1 Å². The number of rotatable bonds is 3. The minimum Gasteiger partial charge on any atom is -0.307 e. The molecule has 2 atom stereocenters. The highest BCUT2D eigenvalue weighted by Gasteiger charge is 2.21. The highest BCUT2D eigenvalue weighted by molar-refractivity contribution is 6.42. The van der Waals surface area contributed by atoms with Gasteiger partial charge in [-0.2, -0.15) is 0 Å². The predicted molar refractivity (Wildman–Crippen MR) is 76.9 cm³/mol. The van der Waals surface area contributed by atoms with Crippen molar-refractivity contribution in [3.8, 4) is 0 Å². The van der Waals surface area contributed by atoms with Crippen LogP contribution in [0.4, 0.5) is 0 Å². The number of halogens is 2. The molecule has 0 saturated carbocycles. The van der Waals surface area contributed by atoms with Crippen LogP contribution in [-0.4, -0.2) is 6.04 Å². The van der Waals surface area contributed by atoms with Crippen molar-refractivity contribution in [1.82, 2.24) is 5.32 Å². The van der Waals surface area contributed by atoms with Gasteiger partial charge in [-0.3, -0.25) is 0 Å². The van der Waals surface area contributed by atoms with Gasteiger partial charge in [0.05, 0.1) is 10.0 Å². The van der Waals surface area contributed by atoms with Crippen LogP contribution in [0, 0.1) is 5.41 Å². The Hall–Kier alpha value is -0.240. The second kappa shape index (κ2) is 5.60. The third-order valence-corrected chi connectivity index (χ3v) is 3.98. The summed E-state index contributed by atoms with van der Waals surface area (Å²) in [6.45, 7) is 11.0. The van der Waals surface area contributed by atoms with E-state index in [0.717, 1.165) is 5.56 Å². The molecular weight excluding hydrogens is 253 g/mol. The molecule has 1 aromatic carbocycles. The minimum absolute atomic E-state index is 0.241. The zero-order valence-electron chi connectivity index (χ0n) is 11.1. The summed E-state index contributed by atoms with van der Waals surface area (Å²) in [5.74, 6) is 0. The molecule has 1 rings (SSSR count). The Bertz CT molecular complexity index is 382. The van der Waals surface area contributed by atoms with Crippen molar-refractivity contribution in [1.29, 1.82) is 0 Å². The molecule has 0 aliphatic heterocycles. The van der Waals surface area contributed by atoms with Crippen molar-refractivity contribution in [3.05, 3.63) is 33.8 Å². The first-order valence-corrected chi connectivity index (χ1v) is 6.68. The number of nitrogens with one attached hydrogen (secondary N) is 1. The first-order valence-electron chi connectivity index (χ1n) is 5.93. The molecule has 17 heavy (non-hydrogen) atoms. The van der Waals surface area contributed by atoms with E-state index in [4.69, 9.17) is 23.2 Å². The summed E-state index contributed by atoms with van der Waals surface area (Å²) in [4.78, 5) is 0. The Morgan fingerprint density at radius 1 is 1.06 bits per heavy atom. The third kappa shape index (κ3) is 4.17. The van der Waals surface area contributed by atoms with Crippen molar-refractivity contribution < 1.29 is 0 Å². The molecule has 1 aromatic rings. The number of hydrogen-bond acceptors (Lipinski definition) is 1. The Morgan fingerprint density at radius 2 is 1.65 bits per heavy atom. The summed E-state index contributed by atoms with van der Waals surface area (Å²) in [7, 11) is 0. The highest BCUT2D eigenvalue weighted by atomic mass is 35.5. The number of hydrogen-bond donors (Lipinski definition) is 1. The van der Waals surface area contributed by atoms with Crippen LogP contribution in [0.5, 0.6) is 0 Å². The van der Waals surface area contributed by atoms with Gasteiger partial charge in [-0.1, -0.05) is 50.0 Å². The SMILES string of the molecule is CC(NC(C)C(C)(C)C)c1ccc(Cl)c(Cl)c1. The van der Waals surface area contributed by atoms with Crippen LogP contribution in [0.15, 0.2) is 18.2 Å². The fourth-order valence-corrected chi connectivity index (χ4v) is 1.81. The Balaban J connectivity index is 2.76. The summed E-state index contributed by atoms with van der Waals surface area (Å²) >= 11 is 11.9. The lowest BCUT2D eigenvalue weighted by Gasteiger charge is -2.31. The van der Waals surface area contributed by atoms with Gasteiger partial charge < -0.3 is 5.32 Å². The molecule has 0 fully saturated rings. The van der Waals surface area contributed by atoms with Gasteiger partial charge in [0.15, 0.2) is 0 Å². The van der Waals surface area contributed by atoms with Crippen molar-refractivity contribution in [2.75, 3.05) is 0 Å². The Morgan fingerprint density at radius 3 is 2.12 bits per heavy atom. The van der Waals surface area contributed by atoms with E-state index < -0.39 is 0 Å². The van der Waals surface area contributed by atoms with E-state index >= 15 is 0 Å². The van der Waals surface area contributed by atoms with Crippen LogP contribution in [-0.2, 0) is 0 Å². The lowest BCUT2D eigenvalue weighted by Crippen LogP contribution is -2.39. The summed E-state index contributed by atoms with van der Waals surface area (Å²) in [5.41, 5.74) is 1.40. The standard InChI is InChI=1S/C14H21Cl2N/c1-9(17-10(2)14(3,4)5)11-6-7-12(15)13(16)8-11/h6-10,17H,1-5H3. The molecule has 1 N–H and O–H groups in total. The molecule has 2 unspecified atom stereocenters. The third-order valence-electron chi connectivity index (χ3n) is 3.24. The van der Waals surface area contributed by atoms with Gasteiger partial charge in [0.1, 0.15) is 0 Å². The smallest absolute Gasteiger partial charge is 0.0595 e. The lowest BCUT2D eigenvalue weighted by molar-refractivity contribution is 0.268. The van der Waals surface area contributed by atoms with Gasteiger partial charge in [-0.15, -0.1) is 0 Å². The zero-order chi connectivity index (χ0) is 13.2. The number of benzene rings is 1. The van der Waals surface area contributed by atoms with Crippen molar-refractivity contribution >= 4 is 23.2 Å². The van der Waals surface area contributed by atoms with Gasteiger partial charge in [0.2, 0.25) is 0 Å². The van der Waals surface area contributed by atoms with Crippen LogP contribution in [0.3, 0.4) is 0 Å². The molecular formula is C14H21Cl2N. The molecule has 1 nitrogen and oxygen atoms in total. The van der Waals surface area contributed by atoms with Gasteiger partial charge in [-0.25, -0.2) is 0 Å². The first kappa shape index (κ1) is 14.8. The predicted octanol–water partition coefficient (Wildman–Crippen LogP) is 5.08. The van der Waals surface area contributed by atoms with Crippen LogP contribution in [0.25, 0.3) is 0 Å². The fourth-order valence-electron chi connectivity index (χ4n) is 1.50. The molecule has 3 heteroatoms. The summed E-state index contributed by atoms with van der Waals surface area (Å²) in [6.07, 6.45) is 0. The molecule has 96 valence electrons. The maximum absolute atomic E-state index is 6.02. The van der Waals surface area contributed by atoms with Gasteiger partial charge >= 0.3 is 0 Å². The van der Waals surface area contributed by atoms with Gasteiger partial charge in [-0.05, 0) is 37.0 Å². The van der Waals surface area contributed by atoms with E-state index in [9.17, 15) is 0 Å². The van der Waals surface area contributed by atoms with Crippen LogP contribution in [0.2, 0.25) is 10.0 Å². The molecule has 0 aliphatic rings. The second-order valence-corrected chi connectivity index (χ2v) is 6.46. The lowest BCUT2D eigenvalue weighted by atomic mass is 9.87. The van der Waals surface area contributed by atoms with Crippen LogP contribution < -0.4 is 5.32 Å². The molecule has 0 amide bonds. The molecule has 0 aliphatic carbocycles. The van der Waals surface area contributed by atoms with Crippen molar-refractivity contribution in [3.63, 3.8) is 0 Å². The normalized spacial score (nSPS) is 15.7. The first-order chi connectivity index (χ1) is 7.71. The van der Waals surface area contributed by atoms with E-state index in [-0.39, 0.29) is 11.5 Å². The molecule has 0 spiro atoms. The highest BCUT2D eigenvalue weighted by Crippen LogP contribution is 2.27. The minimum atomic E-state index is 0.241. The monoisotopic (exact) mass is 273 g/mol. The average molecular weight is 274 g/mol. The van der Waals surface area contributed by atoms with E-state index in [1.54, 1.807) is 0 Å². The summed E-state index contributed by atoms with van der Waals surface area (Å²) in [5, 5.41) is 4.80. The molecule has 0 aromatic heterocycles. The topological polar surface area (TPSA) is 12.0 Å². The summed E-state index contributed by atoms with van der Waals surface area (Å²) in [6, 6.07) is 6.48. The second-order valence-electron chi connectivity index (χ2n) is 5.65. The van der Waals surface area contributed by atoms with Gasteiger partial charge in [0.25, 0.3) is 0 Å². The zero-order valence-corrected chi connectivity index (χ0v) is 12.7. The van der Waals surface area contributed by atoms with Crippen molar-refractivity contribution in [2.24, 2.45) is 5.41 Å². The van der Waals surface area contributed by atoms with Crippen LogP contribution >= 0.6 is 23.2 Å².